The van der Waals surface area contributed by atoms with Gasteiger partial charge in [-0.2, -0.15) is 0 Å². The number of aliphatic hydroxyl groups excluding tert-OH is 1. The Bertz CT molecular complexity index is 960. The van der Waals surface area contributed by atoms with E-state index in [-0.39, 0.29) is 5.56 Å². The molecule has 0 amide bonds. The van der Waals surface area contributed by atoms with Gasteiger partial charge in [-0.25, -0.2) is 9.18 Å². The molecule has 0 unspecified atom stereocenters. The highest BCUT2D eigenvalue weighted by molar-refractivity contribution is 5.89. The lowest BCUT2D eigenvalue weighted by atomic mass is 10.0. The van der Waals surface area contributed by atoms with E-state index in [9.17, 15) is 14.3 Å². The lowest BCUT2D eigenvalue weighted by Crippen LogP contribution is -2.29. The maximum absolute atomic E-state index is 13.6. The standard InChI is InChI=1S/C23H22FNO4/c1-15(22(26)11-4-16-3-2-12-25-14-16)29-19-8-5-17(6-9-19)18-7-10-21(24)20(13-18)23(27)28/h2-3,5-10,12-15,22,26H,4,11H2,1H3,(H,27,28)/t15-,22+/m0/s1. The molecule has 150 valence electrons. The van der Waals surface area contributed by atoms with E-state index in [1.165, 1.54) is 12.1 Å². The van der Waals surface area contributed by atoms with E-state index in [1.54, 1.807) is 43.6 Å². The summed E-state index contributed by atoms with van der Waals surface area (Å²) in [5, 5.41) is 19.4. The van der Waals surface area contributed by atoms with Crippen molar-refractivity contribution in [3.8, 4) is 16.9 Å². The first-order chi connectivity index (χ1) is 13.9. The molecule has 0 saturated carbocycles. The average Bonchev–Trinajstić information content (AvgIpc) is 2.73. The molecule has 1 heterocycles. The Morgan fingerprint density at radius 2 is 1.86 bits per heavy atom. The molecule has 0 bridgehead atoms. The number of aromatic nitrogens is 1. The summed E-state index contributed by atoms with van der Waals surface area (Å²) in [7, 11) is 0. The molecule has 0 radical (unpaired) electrons. The van der Waals surface area contributed by atoms with Crippen molar-refractivity contribution in [3.05, 3.63) is 83.9 Å². The van der Waals surface area contributed by atoms with Crippen molar-refractivity contribution < 1.29 is 24.1 Å². The van der Waals surface area contributed by atoms with E-state index in [0.29, 0.717) is 24.2 Å². The molecule has 0 aliphatic carbocycles. The minimum Gasteiger partial charge on any atom is -0.488 e. The molecule has 3 aromatic rings. The van der Waals surface area contributed by atoms with Crippen LogP contribution in [0.3, 0.4) is 0 Å². The fourth-order valence-electron chi connectivity index (χ4n) is 2.98. The quantitative estimate of drug-likeness (QED) is 0.593. The van der Waals surface area contributed by atoms with Gasteiger partial charge in [0.2, 0.25) is 0 Å². The van der Waals surface area contributed by atoms with Crippen LogP contribution in [0.15, 0.2) is 67.0 Å². The Morgan fingerprint density at radius 3 is 2.52 bits per heavy atom. The second kappa shape index (κ2) is 9.30. The zero-order valence-corrected chi connectivity index (χ0v) is 16.0. The van der Waals surface area contributed by atoms with E-state index < -0.39 is 24.0 Å². The Labute approximate surface area is 168 Å². The van der Waals surface area contributed by atoms with Crippen molar-refractivity contribution in [1.82, 2.24) is 4.98 Å². The van der Waals surface area contributed by atoms with Crippen LogP contribution in [-0.4, -0.2) is 33.4 Å². The van der Waals surface area contributed by atoms with Crippen LogP contribution in [-0.2, 0) is 6.42 Å². The Balaban J connectivity index is 1.61. The fourth-order valence-corrected chi connectivity index (χ4v) is 2.98. The van der Waals surface area contributed by atoms with Crippen molar-refractivity contribution >= 4 is 5.97 Å². The number of aromatic carboxylic acids is 1. The summed E-state index contributed by atoms with van der Waals surface area (Å²) in [5.41, 5.74) is 2.03. The molecule has 2 N–H and O–H groups in total. The zero-order valence-electron chi connectivity index (χ0n) is 16.0. The molecule has 29 heavy (non-hydrogen) atoms. The summed E-state index contributed by atoms with van der Waals surface area (Å²) in [4.78, 5) is 15.2. The lowest BCUT2D eigenvalue weighted by Gasteiger charge is -2.20. The van der Waals surface area contributed by atoms with Gasteiger partial charge in [0.25, 0.3) is 0 Å². The van der Waals surface area contributed by atoms with E-state index in [4.69, 9.17) is 9.84 Å². The summed E-state index contributed by atoms with van der Waals surface area (Å²) in [6.45, 7) is 1.81. The van der Waals surface area contributed by atoms with Crippen LogP contribution >= 0.6 is 0 Å². The summed E-state index contributed by atoms with van der Waals surface area (Å²) in [5.74, 6) is -1.49. The molecule has 0 spiro atoms. The van der Waals surface area contributed by atoms with Crippen LogP contribution in [0, 0.1) is 5.82 Å². The molecule has 0 aliphatic heterocycles. The number of rotatable bonds is 8. The Kier molecular flexibility index (Phi) is 6.57. The average molecular weight is 395 g/mol. The van der Waals surface area contributed by atoms with Crippen LogP contribution in [0.5, 0.6) is 5.75 Å². The van der Waals surface area contributed by atoms with Crippen LogP contribution < -0.4 is 4.74 Å². The second-order valence-corrected chi connectivity index (χ2v) is 6.81. The first-order valence-corrected chi connectivity index (χ1v) is 9.31. The minimum absolute atomic E-state index is 0.367. The third-order valence-electron chi connectivity index (χ3n) is 4.70. The van der Waals surface area contributed by atoms with Crippen LogP contribution in [0.25, 0.3) is 11.1 Å². The summed E-state index contributed by atoms with van der Waals surface area (Å²) >= 11 is 0. The molecule has 6 heteroatoms. The van der Waals surface area contributed by atoms with Gasteiger partial charge < -0.3 is 14.9 Å². The molecule has 2 atom stereocenters. The van der Waals surface area contributed by atoms with Crippen LogP contribution in [0.2, 0.25) is 0 Å². The number of carbonyl (C=O) groups is 1. The first-order valence-electron chi connectivity index (χ1n) is 9.31. The fraction of sp³-hybridized carbons (Fsp3) is 0.217. The van der Waals surface area contributed by atoms with Crippen LogP contribution in [0.4, 0.5) is 4.39 Å². The van der Waals surface area contributed by atoms with Gasteiger partial charge in [0.1, 0.15) is 17.7 Å². The number of aliphatic hydroxyl groups is 1. The smallest absolute Gasteiger partial charge is 0.338 e. The summed E-state index contributed by atoms with van der Waals surface area (Å²) in [6, 6.07) is 14.8. The van der Waals surface area contributed by atoms with E-state index in [0.717, 1.165) is 17.2 Å². The molecule has 2 aromatic carbocycles. The zero-order chi connectivity index (χ0) is 20.8. The highest BCUT2D eigenvalue weighted by Gasteiger charge is 2.16. The lowest BCUT2D eigenvalue weighted by molar-refractivity contribution is 0.0420. The number of benzene rings is 2. The highest BCUT2D eigenvalue weighted by atomic mass is 19.1. The van der Waals surface area contributed by atoms with Crippen molar-refractivity contribution in [2.45, 2.75) is 32.0 Å². The maximum atomic E-state index is 13.6. The second-order valence-electron chi connectivity index (χ2n) is 6.81. The van der Waals surface area contributed by atoms with Crippen molar-refractivity contribution in [2.24, 2.45) is 0 Å². The Morgan fingerprint density at radius 1 is 1.14 bits per heavy atom. The SMILES string of the molecule is C[C@H](Oc1ccc(-c2ccc(F)c(C(=O)O)c2)cc1)[C@H](O)CCc1cccnc1. The number of ether oxygens (including phenoxy) is 1. The molecule has 0 saturated heterocycles. The molecule has 0 fully saturated rings. The van der Waals surface area contributed by atoms with Gasteiger partial charge in [0.05, 0.1) is 11.7 Å². The summed E-state index contributed by atoms with van der Waals surface area (Å²) in [6.07, 6.45) is 3.72. The van der Waals surface area contributed by atoms with Crippen molar-refractivity contribution in [2.75, 3.05) is 0 Å². The third kappa shape index (κ3) is 5.39. The number of hydrogen-bond acceptors (Lipinski definition) is 4. The molecule has 5 nitrogen and oxygen atoms in total. The number of hydrogen-bond donors (Lipinski definition) is 2. The summed E-state index contributed by atoms with van der Waals surface area (Å²) < 4.78 is 19.4. The van der Waals surface area contributed by atoms with Gasteiger partial charge in [-0.3, -0.25) is 4.98 Å². The van der Waals surface area contributed by atoms with Gasteiger partial charge in [-0.05, 0) is 66.8 Å². The van der Waals surface area contributed by atoms with Gasteiger partial charge in [-0.1, -0.05) is 24.3 Å². The highest BCUT2D eigenvalue weighted by Crippen LogP contribution is 2.25. The molecule has 3 rings (SSSR count). The largest absolute Gasteiger partial charge is 0.488 e. The van der Waals surface area contributed by atoms with E-state index in [1.807, 2.05) is 12.1 Å². The number of carboxylic acid groups (broad SMARTS) is 1. The molecular formula is C23H22FNO4. The monoisotopic (exact) mass is 395 g/mol. The molecular weight excluding hydrogens is 373 g/mol. The molecule has 1 aromatic heterocycles. The third-order valence-corrected chi connectivity index (χ3v) is 4.70. The van der Waals surface area contributed by atoms with Gasteiger partial charge in [0.15, 0.2) is 0 Å². The van der Waals surface area contributed by atoms with E-state index in [2.05, 4.69) is 4.98 Å². The van der Waals surface area contributed by atoms with Crippen molar-refractivity contribution in [1.29, 1.82) is 0 Å². The minimum atomic E-state index is -1.31. The number of carboxylic acids is 1. The topological polar surface area (TPSA) is 79.7 Å². The predicted octanol–water partition coefficient (Wildman–Crippen LogP) is 4.35. The van der Waals surface area contributed by atoms with Gasteiger partial charge in [-0.15, -0.1) is 0 Å². The molecule has 0 aliphatic rings. The number of pyridine rings is 1. The van der Waals surface area contributed by atoms with Gasteiger partial charge in [0, 0.05) is 12.4 Å². The Hall–Kier alpha value is -3.25. The van der Waals surface area contributed by atoms with Gasteiger partial charge >= 0.3 is 5.97 Å². The number of nitrogens with zero attached hydrogens (tertiary/aromatic N) is 1. The normalized spacial score (nSPS) is 12.9. The predicted molar refractivity (Wildman–Crippen MR) is 107 cm³/mol. The maximum Gasteiger partial charge on any atom is 0.338 e. The van der Waals surface area contributed by atoms with Crippen molar-refractivity contribution in [3.63, 3.8) is 0 Å². The number of aryl methyl sites for hydroxylation is 1. The first kappa shape index (κ1) is 20.5. The van der Waals surface area contributed by atoms with Crippen LogP contribution in [0.1, 0.15) is 29.3 Å². The number of halogens is 1. The van der Waals surface area contributed by atoms with E-state index >= 15 is 0 Å².